The predicted molar refractivity (Wildman–Crippen MR) is 128 cm³/mol. The van der Waals surface area contributed by atoms with Crippen molar-refractivity contribution >= 4 is 73.5 Å². The van der Waals surface area contributed by atoms with Crippen LogP contribution < -0.4 is 14.9 Å². The Bertz CT molecular complexity index is 1020. The van der Waals surface area contributed by atoms with E-state index in [1.165, 1.54) is 11.3 Å². The Labute approximate surface area is 196 Å². The molecule has 2 amide bonds. The fraction of sp³-hybridized carbons (Fsp3) is 0.150. The Morgan fingerprint density at radius 2 is 2.20 bits per heavy atom. The number of rotatable bonds is 8. The minimum absolute atomic E-state index is 0.256. The molecule has 1 aliphatic rings. The molecule has 6 nitrogen and oxygen atoms in total. The molecule has 2 aromatic rings. The van der Waals surface area contributed by atoms with E-state index >= 15 is 0 Å². The molecule has 156 valence electrons. The van der Waals surface area contributed by atoms with Crippen LogP contribution in [0.1, 0.15) is 22.2 Å². The van der Waals surface area contributed by atoms with Crippen molar-refractivity contribution in [2.24, 2.45) is 0 Å². The summed E-state index contributed by atoms with van der Waals surface area (Å²) in [6, 6.07) is 7.04. The van der Waals surface area contributed by atoms with E-state index in [0.29, 0.717) is 39.0 Å². The lowest BCUT2D eigenvalue weighted by atomic mass is 10.2. The van der Waals surface area contributed by atoms with Crippen molar-refractivity contribution in [2.45, 2.75) is 6.92 Å². The molecule has 3 rings (SSSR count). The second-order valence-electron chi connectivity index (χ2n) is 5.80. The summed E-state index contributed by atoms with van der Waals surface area (Å²) in [4.78, 5) is 25.9. The number of nitrogens with one attached hydrogen (secondary N) is 1. The van der Waals surface area contributed by atoms with Gasteiger partial charge in [0.2, 0.25) is 0 Å². The van der Waals surface area contributed by atoms with Gasteiger partial charge in [-0.2, -0.15) is 5.01 Å². The summed E-state index contributed by atoms with van der Waals surface area (Å²) in [7, 11) is 0. The van der Waals surface area contributed by atoms with E-state index < -0.39 is 5.91 Å². The van der Waals surface area contributed by atoms with Gasteiger partial charge in [0.05, 0.1) is 20.9 Å². The molecule has 1 aromatic heterocycles. The Hall–Kier alpha value is -2.14. The standard InChI is InChI=1S/C20H17BrN2O4S3/c1-3-7-27-17-13(21)9-12(10-14(17)26-4-2)11-16-19(25)23(20(28)30-16)22-18(24)15-6-5-8-29-15/h3,5-6,8-11H,1,4,7H2,2H3,(H,22,24)/b16-11+. The van der Waals surface area contributed by atoms with Crippen LogP contribution in [0.5, 0.6) is 11.5 Å². The van der Waals surface area contributed by atoms with E-state index in [-0.39, 0.29) is 10.2 Å². The van der Waals surface area contributed by atoms with Gasteiger partial charge in [-0.15, -0.1) is 11.3 Å². The SMILES string of the molecule is C=CCOc1c(Br)cc(/C=C2/SC(=S)N(NC(=O)c3cccs3)C2=O)cc1OCC. The van der Waals surface area contributed by atoms with Crippen LogP contribution >= 0.6 is 51.2 Å². The topological polar surface area (TPSA) is 67.9 Å². The van der Waals surface area contributed by atoms with Crippen molar-refractivity contribution in [1.29, 1.82) is 0 Å². The molecule has 0 unspecified atom stereocenters. The summed E-state index contributed by atoms with van der Waals surface area (Å²) in [6.07, 6.45) is 3.34. The summed E-state index contributed by atoms with van der Waals surface area (Å²) >= 11 is 11.2. The molecule has 0 aliphatic carbocycles. The molecular weight excluding hydrogens is 508 g/mol. The Morgan fingerprint density at radius 1 is 1.40 bits per heavy atom. The summed E-state index contributed by atoms with van der Waals surface area (Å²) in [5.74, 6) is 0.328. The van der Waals surface area contributed by atoms with Gasteiger partial charge in [0.15, 0.2) is 15.8 Å². The van der Waals surface area contributed by atoms with Crippen LogP contribution in [-0.4, -0.2) is 34.4 Å². The Balaban J connectivity index is 1.84. The number of amides is 2. The quantitative estimate of drug-likeness (QED) is 0.297. The van der Waals surface area contributed by atoms with Crippen LogP contribution in [0.3, 0.4) is 0 Å². The maximum atomic E-state index is 12.8. The van der Waals surface area contributed by atoms with Gasteiger partial charge in [-0.25, -0.2) is 0 Å². The number of carbonyl (C=O) groups is 2. The molecule has 0 atom stereocenters. The van der Waals surface area contributed by atoms with Crippen LogP contribution in [0, 0.1) is 0 Å². The number of thiophene rings is 1. The molecule has 1 fully saturated rings. The number of benzene rings is 1. The molecule has 0 radical (unpaired) electrons. The molecule has 0 bridgehead atoms. The van der Waals surface area contributed by atoms with Crippen LogP contribution in [0.15, 0.2) is 51.7 Å². The van der Waals surface area contributed by atoms with Gasteiger partial charge in [0.25, 0.3) is 11.8 Å². The molecule has 1 aliphatic heterocycles. The highest BCUT2D eigenvalue weighted by atomic mass is 79.9. The summed E-state index contributed by atoms with van der Waals surface area (Å²) in [5, 5.41) is 2.88. The number of ether oxygens (including phenoxy) is 2. The molecule has 30 heavy (non-hydrogen) atoms. The molecule has 1 N–H and O–H groups in total. The predicted octanol–water partition coefficient (Wildman–Crippen LogP) is 5.02. The van der Waals surface area contributed by atoms with Crippen LogP contribution in [-0.2, 0) is 4.79 Å². The van der Waals surface area contributed by atoms with Crippen molar-refractivity contribution in [3.05, 3.63) is 62.1 Å². The number of nitrogens with zero attached hydrogens (tertiary/aromatic N) is 1. The summed E-state index contributed by atoms with van der Waals surface area (Å²) in [5.41, 5.74) is 3.28. The van der Waals surface area contributed by atoms with Crippen molar-refractivity contribution < 1.29 is 19.1 Å². The van der Waals surface area contributed by atoms with Crippen molar-refractivity contribution in [1.82, 2.24) is 10.4 Å². The fourth-order valence-electron chi connectivity index (χ4n) is 2.50. The maximum Gasteiger partial charge on any atom is 0.285 e. The van der Waals surface area contributed by atoms with Gasteiger partial charge in [0.1, 0.15) is 6.61 Å². The normalized spacial score (nSPS) is 14.9. The number of carbonyl (C=O) groups excluding carboxylic acids is 2. The Kier molecular flexibility index (Phi) is 7.70. The first-order chi connectivity index (χ1) is 14.4. The number of thiocarbonyl (C=S) groups is 1. The van der Waals surface area contributed by atoms with Gasteiger partial charge in [-0.3, -0.25) is 15.0 Å². The van der Waals surface area contributed by atoms with Crippen molar-refractivity contribution in [3.8, 4) is 11.5 Å². The van der Waals surface area contributed by atoms with E-state index in [9.17, 15) is 9.59 Å². The summed E-state index contributed by atoms with van der Waals surface area (Å²) in [6.45, 7) is 6.31. The lowest BCUT2D eigenvalue weighted by Crippen LogP contribution is -2.44. The number of hydrogen-bond acceptors (Lipinski definition) is 7. The van der Waals surface area contributed by atoms with Gasteiger partial charge >= 0.3 is 0 Å². The van der Waals surface area contributed by atoms with E-state index in [4.69, 9.17) is 21.7 Å². The fourth-order valence-corrected chi connectivity index (χ4v) is 4.86. The number of halogens is 1. The molecule has 10 heteroatoms. The number of thioether (sulfide) groups is 1. The van der Waals surface area contributed by atoms with E-state index in [2.05, 4.69) is 27.9 Å². The van der Waals surface area contributed by atoms with E-state index in [0.717, 1.165) is 22.3 Å². The van der Waals surface area contributed by atoms with Gasteiger partial charge in [-0.1, -0.05) is 30.5 Å². The van der Waals surface area contributed by atoms with Crippen LogP contribution in [0.25, 0.3) is 6.08 Å². The first-order valence-corrected chi connectivity index (χ1v) is 11.7. The third kappa shape index (κ3) is 5.12. The first-order valence-electron chi connectivity index (χ1n) is 8.77. The highest BCUT2D eigenvalue weighted by Gasteiger charge is 2.34. The largest absolute Gasteiger partial charge is 0.490 e. The van der Waals surface area contributed by atoms with Crippen LogP contribution in [0.2, 0.25) is 0 Å². The van der Waals surface area contributed by atoms with Gasteiger partial charge < -0.3 is 9.47 Å². The first kappa shape index (κ1) is 22.5. The van der Waals surface area contributed by atoms with Gasteiger partial charge in [-0.05, 0) is 70.3 Å². The minimum atomic E-state index is -0.393. The smallest absolute Gasteiger partial charge is 0.285 e. The molecule has 0 saturated carbocycles. The molecule has 0 spiro atoms. The lowest BCUT2D eigenvalue weighted by Gasteiger charge is -2.15. The third-order valence-electron chi connectivity index (χ3n) is 3.73. The molecular formula is C20H17BrN2O4S3. The zero-order chi connectivity index (χ0) is 21.7. The van der Waals surface area contributed by atoms with E-state index in [1.807, 2.05) is 13.0 Å². The third-order valence-corrected chi connectivity index (χ3v) is 6.49. The summed E-state index contributed by atoms with van der Waals surface area (Å²) < 4.78 is 12.3. The lowest BCUT2D eigenvalue weighted by molar-refractivity contribution is -0.123. The Morgan fingerprint density at radius 3 is 2.87 bits per heavy atom. The van der Waals surface area contributed by atoms with E-state index in [1.54, 1.807) is 35.7 Å². The van der Waals surface area contributed by atoms with Gasteiger partial charge in [0, 0.05) is 0 Å². The minimum Gasteiger partial charge on any atom is -0.490 e. The van der Waals surface area contributed by atoms with Crippen LogP contribution in [0.4, 0.5) is 0 Å². The number of hydrogen-bond donors (Lipinski definition) is 1. The number of hydrazine groups is 1. The zero-order valence-corrected chi connectivity index (χ0v) is 19.9. The highest BCUT2D eigenvalue weighted by Crippen LogP contribution is 2.39. The highest BCUT2D eigenvalue weighted by molar-refractivity contribution is 9.10. The second-order valence-corrected chi connectivity index (χ2v) is 9.28. The molecule has 1 saturated heterocycles. The molecule has 2 heterocycles. The monoisotopic (exact) mass is 524 g/mol. The maximum absolute atomic E-state index is 12.8. The molecule has 1 aromatic carbocycles. The van der Waals surface area contributed by atoms with Crippen molar-refractivity contribution in [2.75, 3.05) is 13.2 Å². The second kappa shape index (κ2) is 10.3. The average molecular weight is 525 g/mol. The zero-order valence-electron chi connectivity index (χ0n) is 15.8. The van der Waals surface area contributed by atoms with Crippen molar-refractivity contribution in [3.63, 3.8) is 0 Å². The average Bonchev–Trinajstić information content (AvgIpc) is 3.33.